The average molecular weight is 224 g/mol. The molecule has 0 N–H and O–H groups in total. The Hall–Kier alpha value is -1.09. The van der Waals surface area contributed by atoms with Crippen molar-refractivity contribution in [1.29, 1.82) is 0 Å². The molecule has 0 aliphatic carbocycles. The summed E-state index contributed by atoms with van der Waals surface area (Å²) in [5, 5.41) is 0. The fraction of sp³-hybridized carbons (Fsp3) is 0.250. The number of hydrogen-bond donors (Lipinski definition) is 0. The van der Waals surface area contributed by atoms with Crippen molar-refractivity contribution in [2.75, 3.05) is 5.75 Å². The number of Topliss-reactive ketones (excluding diaryl/α,β-unsaturated/α-hetero) is 1. The summed E-state index contributed by atoms with van der Waals surface area (Å²) in [4.78, 5) is 12.2. The van der Waals surface area contributed by atoms with Gasteiger partial charge in [0, 0.05) is 10.5 Å². The Kier molecular flexibility index (Phi) is 4.56. The minimum Gasteiger partial charge on any atom is -0.288 e. The van der Waals surface area contributed by atoms with E-state index in [4.69, 9.17) is 0 Å². The van der Waals surface area contributed by atoms with Crippen LogP contribution in [-0.2, 0) is 0 Å². The maximum Gasteiger partial charge on any atom is 0.198 e. The Morgan fingerprint density at radius 2 is 2.00 bits per heavy atom. The fourth-order valence-corrected chi connectivity index (χ4v) is 1.75. The van der Waals surface area contributed by atoms with Gasteiger partial charge in [-0.2, -0.15) is 0 Å². The molecule has 0 unspecified atom stereocenters. The standard InChI is InChI=1S/C12H13FOS/c1-3-8-15-9(2)12(14)10-4-6-11(13)7-5-10/h4-7H,2-3,8H2,1H3. The second-order valence-electron chi connectivity index (χ2n) is 3.11. The van der Waals surface area contributed by atoms with Gasteiger partial charge >= 0.3 is 0 Å². The van der Waals surface area contributed by atoms with Gasteiger partial charge in [-0.3, -0.25) is 4.79 Å². The van der Waals surface area contributed by atoms with E-state index in [2.05, 4.69) is 6.58 Å². The molecule has 15 heavy (non-hydrogen) atoms. The second-order valence-corrected chi connectivity index (χ2v) is 4.30. The lowest BCUT2D eigenvalue weighted by atomic mass is 10.1. The van der Waals surface area contributed by atoms with Gasteiger partial charge in [-0.15, -0.1) is 11.8 Å². The molecule has 0 bridgehead atoms. The zero-order chi connectivity index (χ0) is 11.3. The molecule has 1 aromatic carbocycles. The van der Waals surface area contributed by atoms with Crippen LogP contribution >= 0.6 is 11.8 Å². The summed E-state index contributed by atoms with van der Waals surface area (Å²) in [5.74, 6) is 0.429. The first-order valence-electron chi connectivity index (χ1n) is 4.77. The summed E-state index contributed by atoms with van der Waals surface area (Å²) in [6, 6.07) is 5.53. The Balaban J connectivity index is 2.68. The largest absolute Gasteiger partial charge is 0.288 e. The zero-order valence-corrected chi connectivity index (χ0v) is 9.44. The first-order chi connectivity index (χ1) is 7.15. The molecule has 0 aliphatic heterocycles. The summed E-state index contributed by atoms with van der Waals surface area (Å²) >= 11 is 1.45. The Bertz CT molecular complexity index is 356. The van der Waals surface area contributed by atoms with Crippen LogP contribution < -0.4 is 0 Å². The molecule has 0 saturated heterocycles. The molecule has 0 spiro atoms. The van der Waals surface area contributed by atoms with E-state index in [1.807, 2.05) is 6.92 Å². The van der Waals surface area contributed by atoms with Crippen LogP contribution in [0.1, 0.15) is 23.7 Å². The molecule has 0 heterocycles. The molecule has 1 rings (SSSR count). The van der Waals surface area contributed by atoms with Gasteiger partial charge in [-0.25, -0.2) is 4.39 Å². The number of ketones is 1. The first kappa shape index (κ1) is 12.0. The number of carbonyl (C=O) groups is 1. The molecular formula is C12H13FOS. The quantitative estimate of drug-likeness (QED) is 0.560. The van der Waals surface area contributed by atoms with Gasteiger partial charge < -0.3 is 0 Å². The van der Waals surface area contributed by atoms with Crippen LogP contribution in [0.5, 0.6) is 0 Å². The van der Waals surface area contributed by atoms with E-state index in [0.29, 0.717) is 10.5 Å². The van der Waals surface area contributed by atoms with Crippen LogP contribution in [0.25, 0.3) is 0 Å². The van der Waals surface area contributed by atoms with Crippen LogP contribution in [-0.4, -0.2) is 11.5 Å². The molecule has 3 heteroatoms. The lowest BCUT2D eigenvalue weighted by molar-refractivity contribution is 0.104. The Morgan fingerprint density at radius 1 is 1.40 bits per heavy atom. The highest BCUT2D eigenvalue weighted by molar-refractivity contribution is 8.04. The summed E-state index contributed by atoms with van der Waals surface area (Å²) in [6.07, 6.45) is 1.00. The first-order valence-corrected chi connectivity index (χ1v) is 5.75. The van der Waals surface area contributed by atoms with Crippen molar-refractivity contribution >= 4 is 17.5 Å². The molecule has 0 amide bonds. The summed E-state index contributed by atoms with van der Waals surface area (Å²) < 4.78 is 12.6. The van der Waals surface area contributed by atoms with Crippen LogP contribution in [0.4, 0.5) is 4.39 Å². The Morgan fingerprint density at radius 3 is 2.53 bits per heavy atom. The summed E-state index contributed by atoms with van der Waals surface area (Å²) in [5.41, 5.74) is 0.491. The van der Waals surface area contributed by atoms with E-state index in [1.54, 1.807) is 0 Å². The number of carbonyl (C=O) groups excluding carboxylic acids is 1. The maximum atomic E-state index is 12.6. The molecule has 0 fully saturated rings. The van der Waals surface area contributed by atoms with Crippen molar-refractivity contribution in [3.8, 4) is 0 Å². The van der Waals surface area contributed by atoms with Gasteiger partial charge in [-0.05, 0) is 36.4 Å². The summed E-state index contributed by atoms with van der Waals surface area (Å²) in [6.45, 7) is 5.75. The van der Waals surface area contributed by atoms with Gasteiger partial charge in [0.2, 0.25) is 0 Å². The molecule has 1 nitrogen and oxygen atoms in total. The van der Waals surface area contributed by atoms with Crippen molar-refractivity contribution in [3.05, 3.63) is 47.1 Å². The van der Waals surface area contributed by atoms with E-state index in [1.165, 1.54) is 36.0 Å². The van der Waals surface area contributed by atoms with E-state index in [9.17, 15) is 9.18 Å². The van der Waals surface area contributed by atoms with Gasteiger partial charge in [0.1, 0.15) is 5.82 Å². The minimum absolute atomic E-state index is 0.117. The van der Waals surface area contributed by atoms with Gasteiger partial charge in [0.15, 0.2) is 5.78 Å². The molecule has 80 valence electrons. The highest BCUT2D eigenvalue weighted by atomic mass is 32.2. The summed E-state index contributed by atoms with van der Waals surface area (Å²) in [7, 11) is 0. The van der Waals surface area contributed by atoms with E-state index < -0.39 is 0 Å². The van der Waals surface area contributed by atoms with Crippen molar-refractivity contribution in [2.45, 2.75) is 13.3 Å². The maximum absolute atomic E-state index is 12.6. The lowest BCUT2D eigenvalue weighted by Crippen LogP contribution is -2.00. The Labute approximate surface area is 93.4 Å². The van der Waals surface area contributed by atoms with E-state index >= 15 is 0 Å². The fourth-order valence-electron chi connectivity index (χ4n) is 1.05. The monoisotopic (exact) mass is 224 g/mol. The number of halogens is 1. The molecule has 1 aromatic rings. The molecular weight excluding hydrogens is 211 g/mol. The number of allylic oxidation sites excluding steroid dienone is 1. The normalized spacial score (nSPS) is 10.0. The lowest BCUT2D eigenvalue weighted by Gasteiger charge is -2.03. The van der Waals surface area contributed by atoms with Crippen molar-refractivity contribution in [2.24, 2.45) is 0 Å². The van der Waals surface area contributed by atoms with Crippen LogP contribution in [0, 0.1) is 5.82 Å². The average Bonchev–Trinajstić information content (AvgIpc) is 2.26. The smallest absolute Gasteiger partial charge is 0.198 e. The van der Waals surface area contributed by atoms with Crippen LogP contribution in [0.15, 0.2) is 35.7 Å². The number of benzene rings is 1. The third-order valence-corrected chi connectivity index (χ3v) is 2.99. The van der Waals surface area contributed by atoms with Gasteiger partial charge in [0.25, 0.3) is 0 Å². The van der Waals surface area contributed by atoms with Gasteiger partial charge in [0.05, 0.1) is 0 Å². The molecule has 0 saturated carbocycles. The highest BCUT2D eigenvalue weighted by Gasteiger charge is 2.09. The van der Waals surface area contributed by atoms with Crippen molar-refractivity contribution in [3.63, 3.8) is 0 Å². The van der Waals surface area contributed by atoms with Crippen molar-refractivity contribution in [1.82, 2.24) is 0 Å². The predicted octanol–water partition coefficient (Wildman–Crippen LogP) is 3.67. The van der Waals surface area contributed by atoms with Crippen LogP contribution in [0.2, 0.25) is 0 Å². The highest BCUT2D eigenvalue weighted by Crippen LogP contribution is 2.19. The van der Waals surface area contributed by atoms with Crippen molar-refractivity contribution < 1.29 is 9.18 Å². The number of hydrogen-bond acceptors (Lipinski definition) is 2. The predicted molar refractivity (Wildman–Crippen MR) is 62.6 cm³/mol. The zero-order valence-electron chi connectivity index (χ0n) is 8.63. The minimum atomic E-state index is -0.335. The third kappa shape index (κ3) is 3.51. The molecule has 0 aliphatic rings. The number of thioether (sulfide) groups is 1. The topological polar surface area (TPSA) is 17.1 Å². The second kappa shape index (κ2) is 5.71. The van der Waals surface area contributed by atoms with Crippen LogP contribution in [0.3, 0.4) is 0 Å². The van der Waals surface area contributed by atoms with E-state index in [-0.39, 0.29) is 11.6 Å². The number of rotatable bonds is 5. The van der Waals surface area contributed by atoms with Gasteiger partial charge in [-0.1, -0.05) is 13.5 Å². The molecule has 0 aromatic heterocycles. The molecule has 0 atom stereocenters. The SMILES string of the molecule is C=C(SCCC)C(=O)c1ccc(F)cc1. The molecule has 0 radical (unpaired) electrons. The third-order valence-electron chi connectivity index (χ3n) is 1.84. The van der Waals surface area contributed by atoms with E-state index in [0.717, 1.165) is 12.2 Å².